The number of halogens is 9. The van der Waals surface area contributed by atoms with Crippen LogP contribution in [0.4, 0.5) is 32.4 Å². The summed E-state index contributed by atoms with van der Waals surface area (Å²) in [5.74, 6) is 0. The Balaban J connectivity index is 3.57. The van der Waals surface area contributed by atoms with Crippen LogP contribution in [0, 0.1) is 0 Å². The molecule has 11 heteroatoms. The van der Waals surface area contributed by atoms with Crippen LogP contribution >= 0.6 is 26.2 Å². The molecule has 0 aromatic heterocycles. The van der Waals surface area contributed by atoms with Crippen molar-refractivity contribution in [3.05, 3.63) is 22.7 Å². The topological polar surface area (TPSA) is 0 Å². The van der Waals surface area contributed by atoms with E-state index in [1.54, 1.807) is 0 Å². The van der Waals surface area contributed by atoms with Crippen molar-refractivity contribution in [2.45, 2.75) is 4.90 Å². The molecule has 0 spiro atoms. The maximum absolute atomic E-state index is 12.3. The molecule has 0 saturated heterocycles. The van der Waals surface area contributed by atoms with Gasteiger partial charge in [0.05, 0.1) is 0 Å². The molecule has 0 fully saturated rings. The molecule has 0 aliphatic carbocycles. The average molecular weight is 350 g/mol. The second-order valence-electron chi connectivity index (χ2n) is 3.26. The Morgan fingerprint density at radius 1 is 0.882 bits per heavy atom. The van der Waals surface area contributed by atoms with Gasteiger partial charge in [0.1, 0.15) is 4.90 Å². The molecule has 17 heavy (non-hydrogen) atoms. The third-order valence-corrected chi connectivity index (χ3v) is 3.30. The van der Waals surface area contributed by atoms with E-state index in [2.05, 4.69) is 15.9 Å². The van der Waals surface area contributed by atoms with Crippen molar-refractivity contribution in [3.8, 4) is 0 Å². The molecule has 0 nitrogen and oxygen atoms in total. The fourth-order valence-corrected chi connectivity index (χ4v) is 2.37. The smallest absolute Gasteiger partial charge is 0.445 e. The normalized spacial score (nSPS) is 17.5. The largest absolute Gasteiger partial charge is 0.509 e. The van der Waals surface area contributed by atoms with Crippen LogP contribution in [-0.4, -0.2) is 6.98 Å². The molecular weight excluding hydrogens is 347 g/mol. The predicted octanol–water partition coefficient (Wildman–Crippen LogP) is 5.16. The van der Waals surface area contributed by atoms with Crippen molar-refractivity contribution in [2.24, 2.45) is 0 Å². The molecule has 0 aliphatic heterocycles. The molecule has 0 atom stereocenters. The molecule has 0 bridgehead atoms. The van der Waals surface area contributed by atoms with Crippen molar-refractivity contribution in [1.82, 2.24) is 0 Å². The molecule has 1 aromatic rings. The summed E-state index contributed by atoms with van der Waals surface area (Å²) in [6, 6.07) is -0.341. The van der Waals surface area contributed by atoms with Crippen molar-refractivity contribution in [1.29, 1.82) is 0 Å². The fourth-order valence-electron chi connectivity index (χ4n) is 0.996. The zero-order chi connectivity index (χ0) is 13.8. The Kier molecular flexibility index (Phi) is 2.67. The summed E-state index contributed by atoms with van der Waals surface area (Å²) < 4.78 is 97.5. The fraction of sp³-hybridized carbons (Fsp3) is 0. The van der Waals surface area contributed by atoms with Crippen LogP contribution < -0.4 is 5.46 Å². The first-order chi connectivity index (χ1) is 7.09. The van der Waals surface area contributed by atoms with Crippen LogP contribution in [-0.2, 0) is 0 Å². The Morgan fingerprint density at radius 3 is 1.71 bits per heavy atom. The van der Waals surface area contributed by atoms with Gasteiger partial charge in [-0.05, 0) is 6.07 Å². The maximum Gasteiger partial charge on any atom is 0.509 e. The summed E-state index contributed by atoms with van der Waals surface area (Å²) in [4.78, 5) is -2.56. The first kappa shape index (κ1) is 14.6. The van der Waals surface area contributed by atoms with Crippen LogP contribution in [0.2, 0.25) is 0 Å². The zero-order valence-electron chi connectivity index (χ0n) is 7.62. The molecule has 0 N–H and O–H groups in total. The number of rotatable bonds is 2. The Bertz CT molecular complexity index is 462. The summed E-state index contributed by atoms with van der Waals surface area (Å²) in [6.07, 6.45) is 0. The van der Waals surface area contributed by atoms with E-state index >= 15 is 0 Å². The van der Waals surface area contributed by atoms with E-state index in [1.165, 1.54) is 0 Å². The van der Waals surface area contributed by atoms with Gasteiger partial charge in [0.25, 0.3) is 0 Å². The Hall–Kier alpha value is -0.445. The summed E-state index contributed by atoms with van der Waals surface area (Å²) in [6.45, 7) is -5.79. The van der Waals surface area contributed by atoms with Crippen molar-refractivity contribution >= 4 is 38.6 Å². The lowest BCUT2D eigenvalue weighted by Gasteiger charge is -2.41. The van der Waals surface area contributed by atoms with Gasteiger partial charge in [0.2, 0.25) is 0 Å². The minimum atomic E-state index is -10.1. The van der Waals surface area contributed by atoms with E-state index in [-0.39, 0.29) is 6.07 Å². The molecule has 0 amide bonds. The van der Waals surface area contributed by atoms with Crippen LogP contribution in [0.15, 0.2) is 27.6 Å². The lowest BCUT2D eigenvalue weighted by atomic mass is 9.80. The van der Waals surface area contributed by atoms with Crippen molar-refractivity contribution in [3.63, 3.8) is 0 Å². The second-order valence-corrected chi connectivity index (χ2v) is 6.59. The van der Waals surface area contributed by atoms with E-state index in [9.17, 15) is 32.4 Å². The number of benzene rings is 1. The molecule has 100 valence electrons. The third kappa shape index (κ3) is 3.76. The van der Waals surface area contributed by atoms with E-state index < -0.39 is 38.1 Å². The molecule has 0 unspecified atom stereocenters. The van der Waals surface area contributed by atoms with Gasteiger partial charge in [-0.3, -0.25) is 0 Å². The molecule has 0 saturated carbocycles. The molecular formula is C6H3BBrF8S-. The van der Waals surface area contributed by atoms with Crippen molar-refractivity contribution in [2.75, 3.05) is 0 Å². The summed E-state index contributed by atoms with van der Waals surface area (Å²) in [7, 11) is -10.1. The highest BCUT2D eigenvalue weighted by Gasteiger charge is 2.65. The van der Waals surface area contributed by atoms with Crippen LogP contribution in [0.3, 0.4) is 0 Å². The van der Waals surface area contributed by atoms with E-state index in [0.717, 1.165) is 0 Å². The summed E-state index contributed by atoms with van der Waals surface area (Å²) in [5, 5.41) is 0. The van der Waals surface area contributed by atoms with Crippen LogP contribution in [0.5, 0.6) is 0 Å². The van der Waals surface area contributed by atoms with Gasteiger partial charge < -0.3 is 12.9 Å². The standard InChI is InChI=1S/C6H3BBrF8S/c8-5-1-4(7(9,10)11)2-6(3-5)17(12,13,14,15)16/h1-3H/q-1. The SMILES string of the molecule is F[B-](F)(F)c1cc(Br)cc(S(F)(F)(F)(F)F)c1. The first-order valence-electron chi connectivity index (χ1n) is 3.84. The van der Waals surface area contributed by atoms with Gasteiger partial charge in [-0.1, -0.05) is 47.5 Å². The van der Waals surface area contributed by atoms with E-state index in [1.807, 2.05) is 0 Å². The van der Waals surface area contributed by atoms with Gasteiger partial charge in [0.15, 0.2) is 0 Å². The Morgan fingerprint density at radius 2 is 1.35 bits per heavy atom. The monoisotopic (exact) mass is 349 g/mol. The molecule has 0 aliphatic rings. The van der Waals surface area contributed by atoms with Gasteiger partial charge in [0, 0.05) is 4.47 Å². The highest BCUT2D eigenvalue weighted by Crippen LogP contribution is 3.02. The van der Waals surface area contributed by atoms with E-state index in [4.69, 9.17) is 0 Å². The maximum atomic E-state index is 12.3. The van der Waals surface area contributed by atoms with Crippen LogP contribution in [0.1, 0.15) is 0 Å². The Labute approximate surface area is 98.9 Å². The van der Waals surface area contributed by atoms with Crippen molar-refractivity contribution < 1.29 is 32.4 Å². The third-order valence-electron chi connectivity index (χ3n) is 1.72. The lowest BCUT2D eigenvalue weighted by Crippen LogP contribution is -2.34. The van der Waals surface area contributed by atoms with Gasteiger partial charge in [-0.25, -0.2) is 0 Å². The minimum absolute atomic E-state index is 0.0765. The average Bonchev–Trinajstić information content (AvgIpc) is 1.96. The minimum Gasteiger partial charge on any atom is -0.445 e. The predicted molar refractivity (Wildman–Crippen MR) is 54.3 cm³/mol. The van der Waals surface area contributed by atoms with Gasteiger partial charge >= 0.3 is 17.2 Å². The van der Waals surface area contributed by atoms with E-state index in [0.29, 0.717) is 6.07 Å². The number of hydrogen-bond acceptors (Lipinski definition) is 0. The van der Waals surface area contributed by atoms with Gasteiger partial charge in [-0.2, -0.15) is 0 Å². The molecule has 0 heterocycles. The molecule has 1 aromatic carbocycles. The quantitative estimate of drug-likeness (QED) is 0.511. The lowest BCUT2D eigenvalue weighted by molar-refractivity contribution is 0.364. The van der Waals surface area contributed by atoms with Gasteiger partial charge in [-0.15, -0.1) is 5.46 Å². The second kappa shape index (κ2) is 3.11. The molecule has 1 rings (SSSR count). The highest BCUT2D eigenvalue weighted by molar-refractivity contribution is 9.10. The highest BCUT2D eigenvalue weighted by atomic mass is 79.9. The first-order valence-corrected chi connectivity index (χ1v) is 6.58. The number of hydrogen-bond donors (Lipinski definition) is 0. The summed E-state index contributed by atoms with van der Waals surface area (Å²) >= 11 is 2.34. The van der Waals surface area contributed by atoms with Crippen LogP contribution in [0.25, 0.3) is 0 Å². The summed E-state index contributed by atoms with van der Waals surface area (Å²) in [5.41, 5.74) is -1.73. The zero-order valence-corrected chi connectivity index (χ0v) is 10.0. The molecule has 0 radical (unpaired) electrons.